The minimum atomic E-state index is -0.438. The maximum Gasteiger partial charge on any atom is 0.240 e. The highest BCUT2D eigenvalue weighted by Crippen LogP contribution is 2.23. The molecule has 0 spiro atoms. The molecule has 0 unspecified atom stereocenters. The molecule has 2 amide bonds. The van der Waals surface area contributed by atoms with Crippen LogP contribution in [0.4, 0.5) is 0 Å². The molecule has 15 heavy (non-hydrogen) atoms. The molecule has 1 aliphatic rings. The number of allylic oxidation sites excluding steroid dienone is 1. The van der Waals surface area contributed by atoms with Gasteiger partial charge in [0.2, 0.25) is 11.8 Å². The van der Waals surface area contributed by atoms with Crippen molar-refractivity contribution in [2.24, 2.45) is 11.7 Å². The first-order valence-corrected chi connectivity index (χ1v) is 5.29. The third-order valence-electron chi connectivity index (χ3n) is 2.83. The number of carbonyl (C=O) groups excluding carboxylic acids is 2. The van der Waals surface area contributed by atoms with Crippen molar-refractivity contribution in [2.45, 2.75) is 32.2 Å². The van der Waals surface area contributed by atoms with Gasteiger partial charge in [-0.15, -0.1) is 6.58 Å². The topological polar surface area (TPSA) is 63.4 Å². The number of carbonyl (C=O) groups is 2. The van der Waals surface area contributed by atoms with Crippen LogP contribution in [-0.2, 0) is 9.59 Å². The second-order valence-electron chi connectivity index (χ2n) is 3.97. The fourth-order valence-electron chi connectivity index (χ4n) is 2.08. The van der Waals surface area contributed by atoms with Crippen molar-refractivity contribution in [1.29, 1.82) is 0 Å². The molecule has 1 fully saturated rings. The van der Waals surface area contributed by atoms with Gasteiger partial charge >= 0.3 is 0 Å². The minimum absolute atomic E-state index is 0.0347. The van der Waals surface area contributed by atoms with E-state index in [9.17, 15) is 9.59 Å². The highest BCUT2D eigenvalue weighted by molar-refractivity contribution is 5.87. The molecule has 0 saturated carbocycles. The standard InChI is InChI=1S/C11H18N2O2/c1-3-5-8-6-10(14)13(7-8)9(4-2)11(12)15/h3,8-9H,1,4-7H2,2H3,(H2,12,15)/t8-,9+/m1/s1. The fraction of sp³-hybridized carbons (Fsp3) is 0.636. The Morgan fingerprint density at radius 3 is 2.93 bits per heavy atom. The van der Waals surface area contributed by atoms with Crippen LogP contribution >= 0.6 is 0 Å². The van der Waals surface area contributed by atoms with Gasteiger partial charge in [-0.3, -0.25) is 9.59 Å². The van der Waals surface area contributed by atoms with E-state index in [0.29, 0.717) is 25.3 Å². The number of nitrogens with two attached hydrogens (primary N) is 1. The van der Waals surface area contributed by atoms with Crippen molar-refractivity contribution in [2.75, 3.05) is 6.54 Å². The summed E-state index contributed by atoms with van der Waals surface area (Å²) in [5, 5.41) is 0. The van der Waals surface area contributed by atoms with Crippen LogP contribution in [0, 0.1) is 5.92 Å². The maximum atomic E-state index is 11.6. The first kappa shape index (κ1) is 11.8. The number of amides is 2. The number of primary amides is 1. The average Bonchev–Trinajstić information content (AvgIpc) is 2.49. The molecule has 1 heterocycles. The number of likely N-dealkylation sites (tertiary alicyclic amines) is 1. The Morgan fingerprint density at radius 2 is 2.47 bits per heavy atom. The van der Waals surface area contributed by atoms with Gasteiger partial charge in [0.15, 0.2) is 0 Å². The lowest BCUT2D eigenvalue weighted by molar-refractivity contribution is -0.136. The first-order valence-electron chi connectivity index (χ1n) is 5.29. The van der Waals surface area contributed by atoms with E-state index in [2.05, 4.69) is 6.58 Å². The third-order valence-corrected chi connectivity index (χ3v) is 2.83. The molecule has 1 rings (SSSR count). The van der Waals surface area contributed by atoms with Crippen LogP contribution in [0.5, 0.6) is 0 Å². The van der Waals surface area contributed by atoms with E-state index in [0.717, 1.165) is 6.42 Å². The Kier molecular flexibility index (Phi) is 3.88. The molecule has 0 radical (unpaired) electrons. The monoisotopic (exact) mass is 210 g/mol. The van der Waals surface area contributed by atoms with Gasteiger partial charge < -0.3 is 10.6 Å². The van der Waals surface area contributed by atoms with Crippen molar-refractivity contribution in [3.05, 3.63) is 12.7 Å². The fourth-order valence-corrected chi connectivity index (χ4v) is 2.08. The summed E-state index contributed by atoms with van der Waals surface area (Å²) in [7, 11) is 0. The normalized spacial score (nSPS) is 22.9. The van der Waals surface area contributed by atoms with Gasteiger partial charge in [0.1, 0.15) is 6.04 Å². The van der Waals surface area contributed by atoms with Crippen LogP contribution in [0.3, 0.4) is 0 Å². The summed E-state index contributed by atoms with van der Waals surface area (Å²) < 4.78 is 0. The summed E-state index contributed by atoms with van der Waals surface area (Å²) >= 11 is 0. The molecule has 1 saturated heterocycles. The predicted molar refractivity (Wildman–Crippen MR) is 57.9 cm³/mol. The summed E-state index contributed by atoms with van der Waals surface area (Å²) in [6.45, 7) is 6.15. The molecular formula is C11H18N2O2. The average molecular weight is 210 g/mol. The molecule has 4 heteroatoms. The van der Waals surface area contributed by atoms with Gasteiger partial charge in [0, 0.05) is 13.0 Å². The molecular weight excluding hydrogens is 192 g/mol. The smallest absolute Gasteiger partial charge is 0.240 e. The Balaban J connectivity index is 2.66. The van der Waals surface area contributed by atoms with Gasteiger partial charge in [0.25, 0.3) is 0 Å². The lowest BCUT2D eigenvalue weighted by atomic mass is 10.1. The zero-order chi connectivity index (χ0) is 11.4. The van der Waals surface area contributed by atoms with E-state index >= 15 is 0 Å². The summed E-state index contributed by atoms with van der Waals surface area (Å²) in [6, 6.07) is -0.438. The van der Waals surface area contributed by atoms with Crippen LogP contribution in [0.2, 0.25) is 0 Å². The van der Waals surface area contributed by atoms with Gasteiger partial charge in [-0.05, 0) is 18.8 Å². The highest BCUT2D eigenvalue weighted by Gasteiger charge is 2.35. The van der Waals surface area contributed by atoms with Gasteiger partial charge in [0.05, 0.1) is 0 Å². The molecule has 0 bridgehead atoms. The van der Waals surface area contributed by atoms with E-state index in [-0.39, 0.29) is 5.91 Å². The second kappa shape index (κ2) is 4.96. The number of hydrogen-bond acceptors (Lipinski definition) is 2. The van der Waals surface area contributed by atoms with E-state index in [4.69, 9.17) is 5.73 Å². The van der Waals surface area contributed by atoms with Crippen molar-refractivity contribution in [3.8, 4) is 0 Å². The van der Waals surface area contributed by atoms with Crippen LogP contribution in [0.1, 0.15) is 26.2 Å². The number of nitrogens with zero attached hydrogens (tertiary/aromatic N) is 1. The lowest BCUT2D eigenvalue weighted by Gasteiger charge is -2.24. The van der Waals surface area contributed by atoms with Crippen LogP contribution in [0.25, 0.3) is 0 Å². The van der Waals surface area contributed by atoms with Gasteiger partial charge in [-0.1, -0.05) is 13.0 Å². The van der Waals surface area contributed by atoms with Crippen molar-refractivity contribution >= 4 is 11.8 Å². The van der Waals surface area contributed by atoms with E-state index in [1.165, 1.54) is 0 Å². The van der Waals surface area contributed by atoms with Crippen molar-refractivity contribution in [3.63, 3.8) is 0 Å². The molecule has 4 nitrogen and oxygen atoms in total. The molecule has 0 aromatic rings. The Morgan fingerprint density at radius 1 is 1.80 bits per heavy atom. The van der Waals surface area contributed by atoms with E-state index in [1.54, 1.807) is 4.90 Å². The number of hydrogen-bond donors (Lipinski definition) is 1. The Hall–Kier alpha value is -1.32. The van der Waals surface area contributed by atoms with Gasteiger partial charge in [-0.2, -0.15) is 0 Å². The van der Waals surface area contributed by atoms with Crippen LogP contribution in [0.15, 0.2) is 12.7 Å². The summed E-state index contributed by atoms with van der Waals surface area (Å²) in [6.07, 6.45) is 3.72. The summed E-state index contributed by atoms with van der Waals surface area (Å²) in [5.74, 6) is -0.0824. The molecule has 0 aliphatic carbocycles. The predicted octanol–water partition coefficient (Wildman–Crippen LogP) is 0.675. The van der Waals surface area contributed by atoms with Crippen LogP contribution in [-0.4, -0.2) is 29.3 Å². The minimum Gasteiger partial charge on any atom is -0.368 e. The zero-order valence-corrected chi connectivity index (χ0v) is 9.11. The molecule has 2 N–H and O–H groups in total. The molecule has 2 atom stereocenters. The van der Waals surface area contributed by atoms with Crippen molar-refractivity contribution in [1.82, 2.24) is 4.90 Å². The SMILES string of the molecule is C=CC[C@@H]1CC(=O)N([C@@H](CC)C(N)=O)C1. The van der Waals surface area contributed by atoms with Crippen LogP contribution < -0.4 is 5.73 Å². The van der Waals surface area contributed by atoms with E-state index in [1.807, 2.05) is 13.0 Å². The van der Waals surface area contributed by atoms with Crippen molar-refractivity contribution < 1.29 is 9.59 Å². The Bertz CT molecular complexity index is 276. The zero-order valence-electron chi connectivity index (χ0n) is 9.11. The lowest BCUT2D eigenvalue weighted by Crippen LogP contribution is -2.45. The molecule has 84 valence electrons. The second-order valence-corrected chi connectivity index (χ2v) is 3.97. The molecule has 0 aromatic heterocycles. The highest BCUT2D eigenvalue weighted by atomic mass is 16.2. The summed E-state index contributed by atoms with van der Waals surface area (Å²) in [5.41, 5.74) is 5.26. The quantitative estimate of drug-likeness (QED) is 0.678. The number of rotatable bonds is 5. The molecule has 0 aromatic carbocycles. The van der Waals surface area contributed by atoms with Gasteiger partial charge in [-0.25, -0.2) is 0 Å². The largest absolute Gasteiger partial charge is 0.368 e. The first-order chi connectivity index (χ1) is 7.10. The summed E-state index contributed by atoms with van der Waals surface area (Å²) in [4.78, 5) is 24.4. The third kappa shape index (κ3) is 2.58. The van der Waals surface area contributed by atoms with E-state index < -0.39 is 11.9 Å². The molecule has 1 aliphatic heterocycles. The Labute approximate surface area is 90.1 Å². The maximum absolute atomic E-state index is 11.6.